The normalized spacial score (nSPS) is 19.7. The summed E-state index contributed by atoms with van der Waals surface area (Å²) in [6, 6.07) is 18.0. The molecule has 2 aromatic carbocycles. The molecular formula is C23H24N2O3. The average Bonchev–Trinajstić information content (AvgIpc) is 3.07. The van der Waals surface area contributed by atoms with Crippen molar-refractivity contribution in [2.24, 2.45) is 5.41 Å². The van der Waals surface area contributed by atoms with Gasteiger partial charge in [-0.15, -0.1) is 0 Å². The zero-order valence-corrected chi connectivity index (χ0v) is 16.0. The van der Waals surface area contributed by atoms with Gasteiger partial charge in [-0.2, -0.15) is 0 Å². The lowest BCUT2D eigenvalue weighted by Crippen LogP contribution is -2.48. The van der Waals surface area contributed by atoms with Crippen LogP contribution in [0, 0.1) is 5.41 Å². The molecule has 0 spiro atoms. The topological polar surface area (TPSA) is 62.5 Å². The summed E-state index contributed by atoms with van der Waals surface area (Å²) in [6.45, 7) is 3.26. The van der Waals surface area contributed by atoms with Gasteiger partial charge in [-0.05, 0) is 31.4 Å². The molecule has 3 aromatic rings. The molecule has 0 radical (unpaired) electrons. The molecule has 1 aromatic heterocycles. The number of aliphatic carboxylic acids is 1. The summed E-state index contributed by atoms with van der Waals surface area (Å²) in [4.78, 5) is 26.7. The number of nitrogens with zero attached hydrogens (tertiary/aromatic N) is 2. The highest BCUT2D eigenvalue weighted by molar-refractivity contribution is 6.07. The Labute approximate surface area is 164 Å². The molecule has 1 N–H and O–H groups in total. The first-order chi connectivity index (χ1) is 13.5. The van der Waals surface area contributed by atoms with Crippen molar-refractivity contribution < 1.29 is 14.7 Å². The number of likely N-dealkylation sites (tertiary alicyclic amines) is 1. The van der Waals surface area contributed by atoms with Crippen molar-refractivity contribution in [2.75, 3.05) is 13.1 Å². The van der Waals surface area contributed by atoms with E-state index in [0.29, 0.717) is 31.5 Å². The lowest BCUT2D eigenvalue weighted by atomic mass is 9.82. The van der Waals surface area contributed by atoms with E-state index in [2.05, 4.69) is 16.7 Å². The van der Waals surface area contributed by atoms with E-state index in [0.717, 1.165) is 10.9 Å². The number of amides is 1. The Kier molecular flexibility index (Phi) is 4.67. The lowest BCUT2D eigenvalue weighted by molar-refractivity contribution is -0.150. The number of aromatic nitrogens is 1. The Morgan fingerprint density at radius 3 is 2.54 bits per heavy atom. The molecule has 1 unspecified atom stereocenters. The number of fused-ring (bicyclic) bond motifs is 1. The standard InChI is InChI=1S/C23H24N2O3/c1-23(22(27)28)12-7-13-24(16-23)21(26)19-15-25(14-17-8-3-2-4-9-17)20-11-6-5-10-18(19)20/h2-6,8-11,15H,7,12-14,16H2,1H3,(H,27,28). The highest BCUT2D eigenvalue weighted by atomic mass is 16.4. The summed E-state index contributed by atoms with van der Waals surface area (Å²) < 4.78 is 2.10. The Morgan fingerprint density at radius 1 is 1.07 bits per heavy atom. The van der Waals surface area contributed by atoms with Gasteiger partial charge in [0.05, 0.1) is 11.0 Å². The highest BCUT2D eigenvalue weighted by Gasteiger charge is 2.39. The quantitative estimate of drug-likeness (QED) is 0.748. The maximum Gasteiger partial charge on any atom is 0.311 e. The number of piperidine rings is 1. The molecule has 0 bridgehead atoms. The molecule has 28 heavy (non-hydrogen) atoms. The minimum Gasteiger partial charge on any atom is -0.481 e. The summed E-state index contributed by atoms with van der Waals surface area (Å²) >= 11 is 0. The van der Waals surface area contributed by atoms with E-state index >= 15 is 0 Å². The first-order valence-electron chi connectivity index (χ1n) is 9.62. The summed E-state index contributed by atoms with van der Waals surface area (Å²) in [6.07, 6.45) is 3.21. The molecule has 1 aliphatic heterocycles. The van der Waals surface area contributed by atoms with Crippen LogP contribution in [0.1, 0.15) is 35.7 Å². The van der Waals surface area contributed by atoms with Gasteiger partial charge < -0.3 is 14.6 Å². The minimum absolute atomic E-state index is 0.0878. The maximum atomic E-state index is 13.3. The molecule has 2 heterocycles. The van der Waals surface area contributed by atoms with Gasteiger partial charge in [-0.25, -0.2) is 0 Å². The average molecular weight is 376 g/mol. The Hall–Kier alpha value is -3.08. The third-order valence-corrected chi connectivity index (χ3v) is 5.71. The van der Waals surface area contributed by atoms with E-state index in [9.17, 15) is 14.7 Å². The third kappa shape index (κ3) is 3.28. The van der Waals surface area contributed by atoms with Gasteiger partial charge in [0.1, 0.15) is 0 Å². The molecule has 4 rings (SSSR count). The van der Waals surface area contributed by atoms with Gasteiger partial charge in [0.25, 0.3) is 5.91 Å². The van der Waals surface area contributed by atoms with Crippen LogP contribution in [0.5, 0.6) is 0 Å². The molecular weight excluding hydrogens is 352 g/mol. The predicted octanol–water partition coefficient (Wildman–Crippen LogP) is 4.02. The fraction of sp³-hybridized carbons (Fsp3) is 0.304. The van der Waals surface area contributed by atoms with Crippen LogP contribution in [-0.4, -0.2) is 39.5 Å². The lowest BCUT2D eigenvalue weighted by Gasteiger charge is -2.37. The van der Waals surface area contributed by atoms with Crippen LogP contribution in [0.25, 0.3) is 10.9 Å². The van der Waals surface area contributed by atoms with Gasteiger partial charge in [-0.1, -0.05) is 48.5 Å². The van der Waals surface area contributed by atoms with Crippen LogP contribution in [-0.2, 0) is 11.3 Å². The molecule has 1 aliphatic rings. The Bertz CT molecular complexity index is 1020. The van der Waals surface area contributed by atoms with E-state index in [1.807, 2.05) is 48.7 Å². The molecule has 1 amide bonds. The smallest absolute Gasteiger partial charge is 0.311 e. The number of carbonyl (C=O) groups excluding carboxylic acids is 1. The number of rotatable bonds is 4. The molecule has 5 heteroatoms. The molecule has 1 atom stereocenters. The fourth-order valence-electron chi connectivity index (χ4n) is 4.09. The zero-order chi connectivity index (χ0) is 19.7. The third-order valence-electron chi connectivity index (χ3n) is 5.71. The van der Waals surface area contributed by atoms with Gasteiger partial charge in [0.15, 0.2) is 0 Å². The number of carboxylic acid groups (broad SMARTS) is 1. The summed E-state index contributed by atoms with van der Waals surface area (Å²) in [5.41, 5.74) is 1.93. The van der Waals surface area contributed by atoms with E-state index < -0.39 is 11.4 Å². The van der Waals surface area contributed by atoms with Gasteiger partial charge in [0, 0.05) is 36.7 Å². The zero-order valence-electron chi connectivity index (χ0n) is 16.0. The second kappa shape index (κ2) is 7.15. The van der Waals surface area contributed by atoms with E-state index in [1.165, 1.54) is 5.56 Å². The molecule has 0 saturated carbocycles. The van der Waals surface area contributed by atoms with Gasteiger partial charge in [0.2, 0.25) is 0 Å². The number of para-hydroxylation sites is 1. The van der Waals surface area contributed by atoms with Crippen LogP contribution in [0.15, 0.2) is 60.8 Å². The van der Waals surface area contributed by atoms with Crippen molar-refractivity contribution in [3.8, 4) is 0 Å². The second-order valence-corrected chi connectivity index (χ2v) is 7.87. The minimum atomic E-state index is -0.879. The molecule has 1 fully saturated rings. The van der Waals surface area contributed by atoms with Crippen molar-refractivity contribution in [1.82, 2.24) is 9.47 Å². The number of hydrogen-bond acceptors (Lipinski definition) is 2. The summed E-state index contributed by atoms with van der Waals surface area (Å²) in [5.74, 6) is -0.924. The van der Waals surface area contributed by atoms with E-state index in [1.54, 1.807) is 11.8 Å². The van der Waals surface area contributed by atoms with Crippen LogP contribution < -0.4 is 0 Å². The second-order valence-electron chi connectivity index (χ2n) is 7.87. The van der Waals surface area contributed by atoms with Crippen molar-refractivity contribution in [2.45, 2.75) is 26.3 Å². The van der Waals surface area contributed by atoms with Crippen LogP contribution >= 0.6 is 0 Å². The SMILES string of the molecule is CC1(C(=O)O)CCCN(C(=O)c2cn(Cc3ccccc3)c3ccccc23)C1. The number of carboxylic acids is 1. The highest BCUT2D eigenvalue weighted by Crippen LogP contribution is 2.32. The fourth-order valence-corrected chi connectivity index (χ4v) is 4.09. The first-order valence-corrected chi connectivity index (χ1v) is 9.62. The van der Waals surface area contributed by atoms with Crippen LogP contribution in [0.4, 0.5) is 0 Å². The monoisotopic (exact) mass is 376 g/mol. The summed E-state index contributed by atoms with van der Waals surface area (Å²) in [5, 5.41) is 10.5. The largest absolute Gasteiger partial charge is 0.481 e. The molecule has 144 valence electrons. The number of benzene rings is 2. The van der Waals surface area contributed by atoms with Crippen LogP contribution in [0.2, 0.25) is 0 Å². The predicted molar refractivity (Wildman–Crippen MR) is 108 cm³/mol. The first kappa shape index (κ1) is 18.3. The van der Waals surface area contributed by atoms with E-state index in [-0.39, 0.29) is 12.5 Å². The Morgan fingerprint density at radius 2 is 1.79 bits per heavy atom. The summed E-state index contributed by atoms with van der Waals surface area (Å²) in [7, 11) is 0. The van der Waals surface area contributed by atoms with Gasteiger partial charge in [-0.3, -0.25) is 9.59 Å². The number of carbonyl (C=O) groups is 2. The van der Waals surface area contributed by atoms with Crippen molar-refractivity contribution in [1.29, 1.82) is 0 Å². The van der Waals surface area contributed by atoms with Gasteiger partial charge >= 0.3 is 5.97 Å². The van der Waals surface area contributed by atoms with E-state index in [4.69, 9.17) is 0 Å². The molecule has 0 aliphatic carbocycles. The van der Waals surface area contributed by atoms with Crippen molar-refractivity contribution >= 4 is 22.8 Å². The maximum absolute atomic E-state index is 13.3. The molecule has 1 saturated heterocycles. The van der Waals surface area contributed by atoms with Crippen LogP contribution in [0.3, 0.4) is 0 Å². The number of hydrogen-bond donors (Lipinski definition) is 1. The van der Waals surface area contributed by atoms with Crippen molar-refractivity contribution in [3.63, 3.8) is 0 Å². The van der Waals surface area contributed by atoms with Crippen molar-refractivity contribution in [3.05, 3.63) is 71.9 Å². The Balaban J connectivity index is 1.69. The molecule has 5 nitrogen and oxygen atoms in total.